The van der Waals surface area contributed by atoms with Gasteiger partial charge >= 0.3 is 0 Å². The van der Waals surface area contributed by atoms with Crippen LogP contribution in [0.5, 0.6) is 0 Å². The molecule has 1 heterocycles. The minimum absolute atomic E-state index is 0.238. The fourth-order valence-corrected chi connectivity index (χ4v) is 0.758. The Kier molecular flexibility index (Phi) is 1.76. The molecule has 0 aliphatic carbocycles. The van der Waals surface area contributed by atoms with Gasteiger partial charge in [-0.3, -0.25) is 0 Å². The van der Waals surface area contributed by atoms with E-state index in [4.69, 9.17) is 0 Å². The average Bonchev–Trinajstić information content (AvgIpc) is 2.34. The summed E-state index contributed by atoms with van der Waals surface area (Å²) in [6, 6.07) is 1.53. The first kappa shape index (κ1) is 6.86. The summed E-state index contributed by atoms with van der Waals surface area (Å²) in [5.74, 6) is -1.12. The highest BCUT2D eigenvalue weighted by atomic mass is 16.4. The first-order valence-electron chi connectivity index (χ1n) is 3.11. The third-order valence-electron chi connectivity index (χ3n) is 1.35. The number of carbonyl (C=O) groups excluding carboxylic acids is 1. The van der Waals surface area contributed by atoms with Crippen molar-refractivity contribution in [2.45, 2.75) is 13.5 Å². The van der Waals surface area contributed by atoms with Gasteiger partial charge in [0.05, 0.1) is 5.97 Å². The highest BCUT2D eigenvalue weighted by Crippen LogP contribution is 1.98. The van der Waals surface area contributed by atoms with Gasteiger partial charge < -0.3 is 14.5 Å². The number of carbonyl (C=O) groups is 1. The molecule has 1 aromatic heterocycles. The van der Waals surface area contributed by atoms with E-state index < -0.39 is 5.97 Å². The van der Waals surface area contributed by atoms with Crippen LogP contribution in [0.1, 0.15) is 17.3 Å². The van der Waals surface area contributed by atoms with Gasteiger partial charge in [0.2, 0.25) is 0 Å². The van der Waals surface area contributed by atoms with Gasteiger partial charge in [0.25, 0.3) is 0 Å². The van der Waals surface area contributed by atoms with E-state index in [2.05, 4.69) is 0 Å². The lowest BCUT2D eigenvalue weighted by molar-refractivity contribution is -0.255. The molecule has 0 saturated heterocycles. The molecule has 0 unspecified atom stereocenters. The maximum atomic E-state index is 10.2. The molecule has 1 aromatic rings. The number of hydrogen-bond acceptors (Lipinski definition) is 2. The van der Waals surface area contributed by atoms with Crippen molar-refractivity contribution in [3.05, 3.63) is 24.0 Å². The molecule has 0 radical (unpaired) electrons. The van der Waals surface area contributed by atoms with Gasteiger partial charge in [-0.1, -0.05) is 0 Å². The summed E-state index contributed by atoms with van der Waals surface area (Å²) in [4.78, 5) is 10.2. The normalized spacial score (nSPS) is 9.70. The first-order valence-corrected chi connectivity index (χ1v) is 3.11. The van der Waals surface area contributed by atoms with Crippen molar-refractivity contribution in [2.75, 3.05) is 0 Å². The molecule has 54 valence electrons. The zero-order chi connectivity index (χ0) is 7.56. The van der Waals surface area contributed by atoms with Crippen LogP contribution in [-0.2, 0) is 6.54 Å². The van der Waals surface area contributed by atoms with E-state index in [0.29, 0.717) is 0 Å². The first-order chi connectivity index (χ1) is 4.74. The minimum atomic E-state index is -1.12. The van der Waals surface area contributed by atoms with Crippen molar-refractivity contribution in [3.8, 4) is 0 Å². The van der Waals surface area contributed by atoms with Gasteiger partial charge in [-0.15, -0.1) is 0 Å². The highest BCUT2D eigenvalue weighted by Gasteiger charge is 1.93. The van der Waals surface area contributed by atoms with Gasteiger partial charge in [0, 0.05) is 24.5 Å². The molecule has 0 aliphatic heterocycles. The standard InChI is InChI=1S/C7H9NO2/c1-2-8-4-3-6(5-8)7(9)10/h3-5H,2H2,1H3,(H,9,10)/p-1. The van der Waals surface area contributed by atoms with Gasteiger partial charge in [0.15, 0.2) is 0 Å². The van der Waals surface area contributed by atoms with Crippen LogP contribution in [0.4, 0.5) is 0 Å². The number of nitrogens with zero attached hydrogens (tertiary/aromatic N) is 1. The van der Waals surface area contributed by atoms with Crippen LogP contribution in [0, 0.1) is 0 Å². The molecule has 0 aromatic carbocycles. The molecule has 10 heavy (non-hydrogen) atoms. The van der Waals surface area contributed by atoms with E-state index in [0.717, 1.165) is 6.54 Å². The third-order valence-corrected chi connectivity index (χ3v) is 1.35. The number of rotatable bonds is 2. The third kappa shape index (κ3) is 1.18. The van der Waals surface area contributed by atoms with E-state index in [1.54, 1.807) is 17.0 Å². The predicted molar refractivity (Wildman–Crippen MR) is 34.4 cm³/mol. The molecule has 1 rings (SSSR count). The Morgan fingerprint density at radius 1 is 1.80 bits per heavy atom. The fourth-order valence-electron chi connectivity index (χ4n) is 0.758. The lowest BCUT2D eigenvalue weighted by Crippen LogP contribution is -2.21. The van der Waals surface area contributed by atoms with Crippen molar-refractivity contribution in [1.29, 1.82) is 0 Å². The number of hydrogen-bond donors (Lipinski definition) is 0. The zero-order valence-electron chi connectivity index (χ0n) is 5.70. The summed E-state index contributed by atoms with van der Waals surface area (Å²) in [6.45, 7) is 2.73. The van der Waals surface area contributed by atoms with Crippen LogP contribution >= 0.6 is 0 Å². The quantitative estimate of drug-likeness (QED) is 0.571. The monoisotopic (exact) mass is 138 g/mol. The number of carboxylic acid groups (broad SMARTS) is 1. The summed E-state index contributed by atoms with van der Waals surface area (Å²) in [5, 5.41) is 10.2. The molecule has 0 spiro atoms. The van der Waals surface area contributed by atoms with E-state index in [-0.39, 0.29) is 5.56 Å². The molecule has 0 amide bonds. The van der Waals surface area contributed by atoms with E-state index in [1.165, 1.54) is 6.07 Å². The average molecular weight is 138 g/mol. The zero-order valence-corrected chi connectivity index (χ0v) is 5.70. The highest BCUT2D eigenvalue weighted by molar-refractivity contribution is 5.85. The van der Waals surface area contributed by atoms with E-state index in [1.807, 2.05) is 6.92 Å². The van der Waals surface area contributed by atoms with Crippen LogP contribution in [0.2, 0.25) is 0 Å². The second-order valence-electron chi connectivity index (χ2n) is 2.02. The number of aromatic nitrogens is 1. The fraction of sp³-hybridized carbons (Fsp3) is 0.286. The maximum absolute atomic E-state index is 10.2. The van der Waals surface area contributed by atoms with Crippen molar-refractivity contribution in [2.24, 2.45) is 0 Å². The number of carboxylic acids is 1. The summed E-state index contributed by atoms with van der Waals surface area (Å²) < 4.78 is 1.78. The van der Waals surface area contributed by atoms with Gasteiger partial charge in [-0.25, -0.2) is 0 Å². The summed E-state index contributed by atoms with van der Waals surface area (Å²) in [6.07, 6.45) is 3.26. The minimum Gasteiger partial charge on any atom is -0.545 e. The van der Waals surface area contributed by atoms with Crippen molar-refractivity contribution < 1.29 is 9.90 Å². The van der Waals surface area contributed by atoms with Gasteiger partial charge in [0.1, 0.15) is 0 Å². The van der Waals surface area contributed by atoms with Crippen LogP contribution in [0.3, 0.4) is 0 Å². The molecular formula is C7H8NO2-. The van der Waals surface area contributed by atoms with Crippen molar-refractivity contribution in [3.63, 3.8) is 0 Å². The Labute approximate surface area is 58.9 Å². The summed E-state index contributed by atoms with van der Waals surface area (Å²) in [5.41, 5.74) is 0.238. The second-order valence-corrected chi connectivity index (χ2v) is 2.02. The molecule has 0 atom stereocenters. The van der Waals surface area contributed by atoms with Crippen LogP contribution in [0.25, 0.3) is 0 Å². The summed E-state index contributed by atoms with van der Waals surface area (Å²) >= 11 is 0. The Hall–Kier alpha value is -1.25. The maximum Gasteiger partial charge on any atom is 0.0730 e. The smallest absolute Gasteiger partial charge is 0.0730 e. The van der Waals surface area contributed by atoms with Crippen molar-refractivity contribution in [1.82, 2.24) is 4.57 Å². The van der Waals surface area contributed by atoms with E-state index >= 15 is 0 Å². The Balaban J connectivity index is 2.88. The van der Waals surface area contributed by atoms with Crippen LogP contribution < -0.4 is 5.11 Å². The van der Waals surface area contributed by atoms with Gasteiger partial charge in [-0.2, -0.15) is 0 Å². The van der Waals surface area contributed by atoms with Crippen LogP contribution in [0.15, 0.2) is 18.5 Å². The lowest BCUT2D eigenvalue weighted by atomic mass is 10.4. The van der Waals surface area contributed by atoms with Crippen LogP contribution in [-0.4, -0.2) is 10.5 Å². The molecule has 3 heteroatoms. The predicted octanol–water partition coefficient (Wildman–Crippen LogP) is -0.129. The Bertz CT molecular complexity index is 240. The molecule has 3 nitrogen and oxygen atoms in total. The second kappa shape index (κ2) is 2.56. The molecular weight excluding hydrogens is 130 g/mol. The molecule has 0 fully saturated rings. The van der Waals surface area contributed by atoms with Crippen molar-refractivity contribution >= 4 is 5.97 Å². The Morgan fingerprint density at radius 3 is 2.80 bits per heavy atom. The number of aromatic carboxylic acids is 1. The van der Waals surface area contributed by atoms with Gasteiger partial charge in [-0.05, 0) is 13.0 Å². The lowest BCUT2D eigenvalue weighted by Gasteiger charge is -1.95. The number of aryl methyl sites for hydroxylation is 1. The van der Waals surface area contributed by atoms with E-state index in [9.17, 15) is 9.90 Å². The molecule has 0 saturated carbocycles. The summed E-state index contributed by atoms with van der Waals surface area (Å²) in [7, 11) is 0. The Morgan fingerprint density at radius 2 is 2.50 bits per heavy atom. The SMILES string of the molecule is CCn1ccc(C(=O)[O-])c1. The molecule has 0 bridgehead atoms. The topological polar surface area (TPSA) is 45.1 Å². The molecule has 0 N–H and O–H groups in total. The largest absolute Gasteiger partial charge is 0.545 e. The molecule has 0 aliphatic rings.